The Hall–Kier alpha value is -1.62. The van der Waals surface area contributed by atoms with E-state index in [1.165, 1.54) is 0 Å². The molecule has 1 aliphatic heterocycles. The highest BCUT2D eigenvalue weighted by molar-refractivity contribution is 5.66. The highest BCUT2D eigenvalue weighted by Crippen LogP contribution is 2.33. The smallest absolute Gasteiger partial charge is 0.295 e. The van der Waals surface area contributed by atoms with Crippen LogP contribution in [-0.4, -0.2) is 29.2 Å². The van der Waals surface area contributed by atoms with E-state index in [-0.39, 0.29) is 22.6 Å². The molecule has 1 aromatic carbocycles. The van der Waals surface area contributed by atoms with Crippen LogP contribution in [0.5, 0.6) is 0 Å². The quantitative estimate of drug-likeness (QED) is 0.645. The third-order valence-electron chi connectivity index (χ3n) is 3.60. The normalized spacial score (nSPS) is 24.1. The molecule has 0 amide bonds. The van der Waals surface area contributed by atoms with Crippen molar-refractivity contribution in [1.29, 1.82) is 0 Å². The first kappa shape index (κ1) is 12.8. The second-order valence-electron chi connectivity index (χ2n) is 4.98. The largest absolute Gasteiger partial charge is 0.393 e. The van der Waals surface area contributed by atoms with Gasteiger partial charge in [0.25, 0.3) is 5.69 Å². The maximum Gasteiger partial charge on any atom is 0.295 e. The standard InChI is InChI=1S/C13H18N2O3/c1-9-4-3-5-11(13(9)15(17)18)14-7-6-12(16)10(2)8-14/h3-5,10,12,16H,6-8H2,1-2H3/t10-,12+/m0/s1. The van der Waals surface area contributed by atoms with E-state index in [0.717, 1.165) is 0 Å². The molecule has 18 heavy (non-hydrogen) atoms. The summed E-state index contributed by atoms with van der Waals surface area (Å²) in [6, 6.07) is 5.38. The van der Waals surface area contributed by atoms with Crippen LogP contribution < -0.4 is 4.90 Å². The average Bonchev–Trinajstić information content (AvgIpc) is 2.32. The van der Waals surface area contributed by atoms with Gasteiger partial charge in [-0.2, -0.15) is 0 Å². The topological polar surface area (TPSA) is 66.6 Å². The van der Waals surface area contributed by atoms with Crippen LogP contribution in [0.1, 0.15) is 18.9 Å². The minimum Gasteiger partial charge on any atom is -0.393 e. The van der Waals surface area contributed by atoms with Crippen LogP contribution >= 0.6 is 0 Å². The van der Waals surface area contributed by atoms with Gasteiger partial charge < -0.3 is 10.0 Å². The highest BCUT2D eigenvalue weighted by atomic mass is 16.6. The Labute approximate surface area is 106 Å². The monoisotopic (exact) mass is 250 g/mol. The van der Waals surface area contributed by atoms with Crippen molar-refractivity contribution in [3.05, 3.63) is 33.9 Å². The average molecular weight is 250 g/mol. The summed E-state index contributed by atoms with van der Waals surface area (Å²) >= 11 is 0. The predicted octanol–water partition coefficient (Wildman–Crippen LogP) is 2.11. The van der Waals surface area contributed by atoms with Crippen LogP contribution in [0.2, 0.25) is 0 Å². The molecule has 1 N–H and O–H groups in total. The van der Waals surface area contributed by atoms with E-state index >= 15 is 0 Å². The van der Waals surface area contributed by atoms with Gasteiger partial charge in [0.1, 0.15) is 5.69 Å². The summed E-state index contributed by atoms with van der Waals surface area (Å²) in [4.78, 5) is 12.8. The van der Waals surface area contributed by atoms with Gasteiger partial charge in [0.2, 0.25) is 0 Å². The number of piperidine rings is 1. The van der Waals surface area contributed by atoms with Crippen molar-refractivity contribution in [2.45, 2.75) is 26.4 Å². The Kier molecular flexibility index (Phi) is 3.52. The van der Waals surface area contributed by atoms with Crippen molar-refractivity contribution in [3.8, 4) is 0 Å². The lowest BCUT2D eigenvalue weighted by Crippen LogP contribution is -2.42. The van der Waals surface area contributed by atoms with Gasteiger partial charge in [-0.1, -0.05) is 19.1 Å². The molecule has 98 valence electrons. The molecule has 2 atom stereocenters. The number of nitro benzene ring substituents is 1. The number of hydrogen-bond donors (Lipinski definition) is 1. The zero-order valence-electron chi connectivity index (χ0n) is 10.7. The molecule has 0 bridgehead atoms. The third-order valence-corrected chi connectivity index (χ3v) is 3.60. The van der Waals surface area contributed by atoms with Gasteiger partial charge in [-0.3, -0.25) is 10.1 Å². The Balaban J connectivity index is 2.34. The minimum absolute atomic E-state index is 0.138. The van der Waals surface area contributed by atoms with E-state index < -0.39 is 0 Å². The number of rotatable bonds is 2. The summed E-state index contributed by atoms with van der Waals surface area (Å²) in [5.41, 5.74) is 1.52. The van der Waals surface area contributed by atoms with Gasteiger partial charge in [0, 0.05) is 18.7 Å². The summed E-state index contributed by atoms with van der Waals surface area (Å²) in [6.07, 6.45) is 0.358. The van der Waals surface area contributed by atoms with E-state index in [2.05, 4.69) is 0 Å². The summed E-state index contributed by atoms with van der Waals surface area (Å²) < 4.78 is 0. The Morgan fingerprint density at radius 1 is 1.50 bits per heavy atom. The van der Waals surface area contributed by atoms with Crippen LogP contribution in [0.4, 0.5) is 11.4 Å². The number of aryl methyl sites for hydroxylation is 1. The molecule has 0 saturated carbocycles. The number of benzene rings is 1. The second kappa shape index (κ2) is 4.94. The third kappa shape index (κ3) is 2.31. The SMILES string of the molecule is Cc1cccc(N2CC[C@@H](O)[C@@H](C)C2)c1[N+](=O)[O-]. The molecule has 0 unspecified atom stereocenters. The van der Waals surface area contributed by atoms with Crippen molar-refractivity contribution < 1.29 is 10.0 Å². The molecule has 5 nitrogen and oxygen atoms in total. The number of hydrogen-bond acceptors (Lipinski definition) is 4. The lowest BCUT2D eigenvalue weighted by molar-refractivity contribution is -0.384. The second-order valence-corrected chi connectivity index (χ2v) is 4.98. The summed E-state index contributed by atoms with van der Waals surface area (Å²) in [6.45, 7) is 5.05. The van der Waals surface area contributed by atoms with Crippen molar-refractivity contribution in [2.24, 2.45) is 5.92 Å². The Morgan fingerprint density at radius 2 is 2.22 bits per heavy atom. The first-order valence-electron chi connectivity index (χ1n) is 6.17. The van der Waals surface area contributed by atoms with Crippen LogP contribution in [0.15, 0.2) is 18.2 Å². The molecular formula is C13H18N2O3. The van der Waals surface area contributed by atoms with Crippen LogP contribution in [-0.2, 0) is 0 Å². The molecule has 1 fully saturated rings. The minimum atomic E-state index is -0.319. The molecule has 1 heterocycles. The van der Waals surface area contributed by atoms with Gasteiger partial charge in [0.05, 0.1) is 11.0 Å². The van der Waals surface area contributed by atoms with Crippen molar-refractivity contribution in [3.63, 3.8) is 0 Å². The van der Waals surface area contributed by atoms with E-state index in [1.807, 2.05) is 17.9 Å². The number of aliphatic hydroxyl groups excluding tert-OH is 1. The number of nitrogens with zero attached hydrogens (tertiary/aromatic N) is 2. The zero-order chi connectivity index (χ0) is 13.3. The van der Waals surface area contributed by atoms with Crippen molar-refractivity contribution in [1.82, 2.24) is 0 Å². The van der Waals surface area contributed by atoms with Gasteiger partial charge >= 0.3 is 0 Å². The molecular weight excluding hydrogens is 232 g/mol. The van der Waals surface area contributed by atoms with Crippen LogP contribution in [0, 0.1) is 23.0 Å². The molecule has 0 aliphatic carbocycles. The lowest BCUT2D eigenvalue weighted by Gasteiger charge is -2.35. The number of anilines is 1. The Bertz CT molecular complexity index is 462. The zero-order valence-corrected chi connectivity index (χ0v) is 10.7. The highest BCUT2D eigenvalue weighted by Gasteiger charge is 2.28. The Morgan fingerprint density at radius 3 is 2.83 bits per heavy atom. The van der Waals surface area contributed by atoms with Gasteiger partial charge in [-0.25, -0.2) is 0 Å². The van der Waals surface area contributed by atoms with E-state index in [0.29, 0.717) is 30.8 Å². The van der Waals surface area contributed by atoms with Gasteiger partial charge in [-0.15, -0.1) is 0 Å². The maximum absolute atomic E-state index is 11.2. The van der Waals surface area contributed by atoms with Crippen LogP contribution in [0.25, 0.3) is 0 Å². The van der Waals surface area contributed by atoms with E-state index in [1.54, 1.807) is 19.1 Å². The first-order valence-corrected chi connectivity index (χ1v) is 6.17. The summed E-state index contributed by atoms with van der Waals surface area (Å²) in [5, 5.41) is 20.9. The molecule has 0 radical (unpaired) electrons. The number of para-hydroxylation sites is 1. The fraction of sp³-hybridized carbons (Fsp3) is 0.538. The summed E-state index contributed by atoms with van der Waals surface area (Å²) in [5.74, 6) is 0.138. The molecule has 1 aromatic rings. The number of nitro groups is 1. The lowest BCUT2D eigenvalue weighted by atomic mass is 9.96. The molecule has 1 saturated heterocycles. The fourth-order valence-corrected chi connectivity index (χ4v) is 2.49. The fourth-order valence-electron chi connectivity index (χ4n) is 2.49. The first-order chi connectivity index (χ1) is 8.50. The molecule has 5 heteroatoms. The molecule has 2 rings (SSSR count). The van der Waals surface area contributed by atoms with E-state index in [4.69, 9.17) is 0 Å². The van der Waals surface area contributed by atoms with E-state index in [9.17, 15) is 15.2 Å². The summed E-state index contributed by atoms with van der Waals surface area (Å²) in [7, 11) is 0. The van der Waals surface area contributed by atoms with Gasteiger partial charge in [0.15, 0.2) is 0 Å². The molecule has 1 aliphatic rings. The molecule has 0 aromatic heterocycles. The van der Waals surface area contributed by atoms with Gasteiger partial charge in [-0.05, 0) is 25.3 Å². The molecule has 0 spiro atoms. The van der Waals surface area contributed by atoms with Crippen molar-refractivity contribution >= 4 is 11.4 Å². The number of aliphatic hydroxyl groups is 1. The maximum atomic E-state index is 11.2. The van der Waals surface area contributed by atoms with Crippen molar-refractivity contribution in [2.75, 3.05) is 18.0 Å². The predicted molar refractivity (Wildman–Crippen MR) is 69.8 cm³/mol. The van der Waals surface area contributed by atoms with Crippen LogP contribution in [0.3, 0.4) is 0 Å².